The van der Waals surface area contributed by atoms with Crippen LogP contribution in [-0.2, 0) is 0 Å². The van der Waals surface area contributed by atoms with Crippen LogP contribution in [0.15, 0.2) is 12.7 Å². The molecule has 1 heteroatoms. The lowest BCUT2D eigenvalue weighted by Gasteiger charge is -2.29. The molecule has 0 saturated heterocycles. The Balaban J connectivity index is 2.26. The third kappa shape index (κ3) is 2.66. The highest BCUT2D eigenvalue weighted by Crippen LogP contribution is 2.21. The highest BCUT2D eigenvalue weighted by Gasteiger charge is 2.16. The van der Waals surface area contributed by atoms with E-state index in [1.54, 1.807) is 0 Å². The molecule has 0 aliphatic heterocycles. The van der Waals surface area contributed by atoms with Crippen molar-refractivity contribution in [3.8, 4) is 0 Å². The highest BCUT2D eigenvalue weighted by molar-refractivity contribution is 4.80. The first-order chi connectivity index (χ1) is 5.34. The second-order valence-corrected chi connectivity index (χ2v) is 3.28. The largest absolute Gasteiger partial charge is 0.291 e. The maximum atomic E-state index is 5.82. The van der Waals surface area contributed by atoms with Crippen molar-refractivity contribution in [1.82, 2.24) is 4.90 Å². The molecule has 0 amide bonds. The number of nitrogens with zero attached hydrogens (tertiary/aromatic N) is 1. The highest BCUT2D eigenvalue weighted by atomic mass is 15.1. The molecule has 1 aliphatic carbocycles. The van der Waals surface area contributed by atoms with Crippen molar-refractivity contribution >= 4 is 0 Å². The molecule has 0 atom stereocenters. The molecular weight excluding hydrogens is 134 g/mol. The minimum atomic E-state index is 0.613. The van der Waals surface area contributed by atoms with Crippen LogP contribution >= 0.6 is 0 Å². The van der Waals surface area contributed by atoms with E-state index >= 15 is 0 Å². The van der Waals surface area contributed by atoms with Crippen molar-refractivity contribution in [1.29, 1.82) is 0 Å². The minimum absolute atomic E-state index is 0.613. The first kappa shape index (κ1) is 8.79. The minimum Gasteiger partial charge on any atom is -0.291 e. The molecule has 0 spiro atoms. The molecule has 62 valence electrons. The summed E-state index contributed by atoms with van der Waals surface area (Å²) in [6.07, 6.45) is 8.48. The summed E-state index contributed by atoms with van der Waals surface area (Å²) in [6.45, 7) is 4.50. The van der Waals surface area contributed by atoms with Crippen LogP contribution in [0, 0.1) is 7.05 Å². The molecule has 1 nitrogen and oxygen atoms in total. The van der Waals surface area contributed by atoms with E-state index in [4.69, 9.17) is 7.05 Å². The SMILES string of the molecule is [CH]N(CC=C)C1CCCCC1. The van der Waals surface area contributed by atoms with Crippen molar-refractivity contribution < 1.29 is 0 Å². The molecular formula is C10H17N. The van der Waals surface area contributed by atoms with E-state index < -0.39 is 0 Å². The van der Waals surface area contributed by atoms with Gasteiger partial charge in [0.2, 0.25) is 0 Å². The van der Waals surface area contributed by atoms with Gasteiger partial charge in [0, 0.05) is 19.6 Å². The topological polar surface area (TPSA) is 3.24 Å². The van der Waals surface area contributed by atoms with Crippen molar-refractivity contribution in [2.24, 2.45) is 0 Å². The number of hydrogen-bond donors (Lipinski definition) is 0. The summed E-state index contributed by atoms with van der Waals surface area (Å²) in [5.41, 5.74) is 0. The van der Waals surface area contributed by atoms with Crippen LogP contribution in [0.1, 0.15) is 32.1 Å². The lowest BCUT2D eigenvalue weighted by atomic mass is 9.94. The van der Waals surface area contributed by atoms with Crippen molar-refractivity contribution in [3.05, 3.63) is 19.7 Å². The van der Waals surface area contributed by atoms with Crippen molar-refractivity contribution in [3.63, 3.8) is 0 Å². The third-order valence-corrected chi connectivity index (χ3v) is 2.38. The quantitative estimate of drug-likeness (QED) is 0.442. The van der Waals surface area contributed by atoms with Gasteiger partial charge < -0.3 is 0 Å². The summed E-state index contributed by atoms with van der Waals surface area (Å²) in [7, 11) is 5.82. The number of hydrogen-bond acceptors (Lipinski definition) is 1. The Morgan fingerprint density at radius 1 is 1.36 bits per heavy atom. The molecule has 0 aromatic rings. The van der Waals surface area contributed by atoms with Crippen LogP contribution in [0.4, 0.5) is 0 Å². The van der Waals surface area contributed by atoms with Crippen LogP contribution in [-0.4, -0.2) is 17.5 Å². The average molecular weight is 151 g/mol. The molecule has 0 unspecified atom stereocenters. The van der Waals surface area contributed by atoms with Gasteiger partial charge in [0.15, 0.2) is 0 Å². The van der Waals surface area contributed by atoms with Crippen molar-refractivity contribution in [2.75, 3.05) is 6.54 Å². The Labute approximate surface area is 70.1 Å². The van der Waals surface area contributed by atoms with Gasteiger partial charge in [-0.3, -0.25) is 4.90 Å². The second-order valence-electron chi connectivity index (χ2n) is 3.28. The molecule has 0 aromatic heterocycles. The summed E-state index contributed by atoms with van der Waals surface area (Å²) in [4.78, 5) is 1.92. The first-order valence-corrected chi connectivity index (χ1v) is 4.47. The summed E-state index contributed by atoms with van der Waals surface area (Å²) in [6, 6.07) is 0.613. The maximum absolute atomic E-state index is 5.82. The maximum Gasteiger partial charge on any atom is 0.0445 e. The Morgan fingerprint density at radius 2 is 2.00 bits per heavy atom. The predicted octanol–water partition coefficient (Wildman–Crippen LogP) is 2.48. The van der Waals surface area contributed by atoms with Gasteiger partial charge in [-0.2, -0.15) is 0 Å². The normalized spacial score (nSPS) is 20.5. The molecule has 11 heavy (non-hydrogen) atoms. The summed E-state index contributed by atoms with van der Waals surface area (Å²) >= 11 is 0. The van der Waals surface area contributed by atoms with Gasteiger partial charge in [-0.15, -0.1) is 6.58 Å². The predicted molar refractivity (Wildman–Crippen MR) is 48.1 cm³/mol. The van der Waals surface area contributed by atoms with Gasteiger partial charge >= 0.3 is 0 Å². The summed E-state index contributed by atoms with van der Waals surface area (Å²) in [5, 5.41) is 0. The van der Waals surface area contributed by atoms with Gasteiger partial charge in [0.25, 0.3) is 0 Å². The van der Waals surface area contributed by atoms with E-state index in [0.717, 1.165) is 6.54 Å². The molecule has 0 heterocycles. The molecule has 1 saturated carbocycles. The Hall–Kier alpha value is -0.300. The molecule has 0 N–H and O–H groups in total. The lowest BCUT2D eigenvalue weighted by Crippen LogP contribution is -2.31. The van der Waals surface area contributed by atoms with Crippen LogP contribution in [0.3, 0.4) is 0 Å². The molecule has 1 rings (SSSR count). The molecule has 0 aromatic carbocycles. The lowest BCUT2D eigenvalue weighted by molar-refractivity contribution is 0.231. The molecule has 1 fully saturated rings. The van der Waals surface area contributed by atoms with Crippen LogP contribution < -0.4 is 0 Å². The van der Waals surface area contributed by atoms with Crippen molar-refractivity contribution in [2.45, 2.75) is 38.1 Å². The zero-order valence-electron chi connectivity index (χ0n) is 7.13. The zero-order valence-corrected chi connectivity index (χ0v) is 7.13. The Kier molecular flexibility index (Phi) is 3.64. The first-order valence-electron chi connectivity index (χ1n) is 4.47. The smallest absolute Gasteiger partial charge is 0.0445 e. The fourth-order valence-electron chi connectivity index (χ4n) is 1.71. The van der Waals surface area contributed by atoms with Crippen LogP contribution in [0.2, 0.25) is 0 Å². The Bertz CT molecular complexity index is 114. The van der Waals surface area contributed by atoms with Gasteiger partial charge in [-0.1, -0.05) is 25.3 Å². The van der Waals surface area contributed by atoms with E-state index in [0.29, 0.717) is 6.04 Å². The Morgan fingerprint density at radius 3 is 2.55 bits per heavy atom. The fraction of sp³-hybridized carbons (Fsp3) is 0.700. The standard InChI is InChI=1S/C10H17N/c1-3-9-11(2)10-7-5-4-6-8-10/h2-3,10H,1,4-9H2. The van der Waals surface area contributed by atoms with Crippen LogP contribution in [0.25, 0.3) is 0 Å². The van der Waals surface area contributed by atoms with Gasteiger partial charge in [0.1, 0.15) is 0 Å². The zero-order chi connectivity index (χ0) is 8.10. The third-order valence-electron chi connectivity index (χ3n) is 2.38. The summed E-state index contributed by atoms with van der Waals surface area (Å²) in [5.74, 6) is 0. The molecule has 2 radical (unpaired) electrons. The number of rotatable bonds is 3. The van der Waals surface area contributed by atoms with Crippen LogP contribution in [0.5, 0.6) is 0 Å². The van der Waals surface area contributed by atoms with E-state index in [-0.39, 0.29) is 0 Å². The van der Waals surface area contributed by atoms with Gasteiger partial charge in [0.05, 0.1) is 0 Å². The fourth-order valence-corrected chi connectivity index (χ4v) is 1.71. The van der Waals surface area contributed by atoms with Gasteiger partial charge in [-0.25, -0.2) is 0 Å². The van der Waals surface area contributed by atoms with E-state index in [9.17, 15) is 0 Å². The van der Waals surface area contributed by atoms with E-state index in [1.165, 1.54) is 32.1 Å². The molecule has 1 aliphatic rings. The monoisotopic (exact) mass is 151 g/mol. The average Bonchev–Trinajstić information content (AvgIpc) is 2.07. The second kappa shape index (κ2) is 4.55. The van der Waals surface area contributed by atoms with Gasteiger partial charge in [-0.05, 0) is 12.8 Å². The van der Waals surface area contributed by atoms with E-state index in [1.807, 2.05) is 11.0 Å². The molecule has 0 bridgehead atoms. The summed E-state index contributed by atoms with van der Waals surface area (Å²) < 4.78 is 0. The van der Waals surface area contributed by atoms with E-state index in [2.05, 4.69) is 6.58 Å².